The molecule has 24 heavy (non-hydrogen) atoms. The molecule has 2 rings (SSSR count). The van der Waals surface area contributed by atoms with E-state index in [1.54, 1.807) is 29.5 Å². The molecule has 0 bridgehead atoms. The summed E-state index contributed by atoms with van der Waals surface area (Å²) in [6.45, 7) is 1.49. The molecular weight excluding hydrogens is 330 g/mol. The highest BCUT2D eigenvalue weighted by Gasteiger charge is 2.21. The van der Waals surface area contributed by atoms with Crippen LogP contribution in [0.25, 0.3) is 0 Å². The number of carbonyl (C=O) groups is 2. The van der Waals surface area contributed by atoms with Gasteiger partial charge in [-0.05, 0) is 30.5 Å². The normalized spacial score (nSPS) is 11.5. The Morgan fingerprint density at radius 3 is 2.33 bits per heavy atom. The monoisotopic (exact) mass is 349 g/mol. The molecule has 1 unspecified atom stereocenters. The highest BCUT2D eigenvalue weighted by atomic mass is 32.1. The van der Waals surface area contributed by atoms with Crippen LogP contribution in [0.2, 0.25) is 0 Å². The number of esters is 1. The summed E-state index contributed by atoms with van der Waals surface area (Å²) in [5.74, 6) is -0.403. The minimum Gasteiger partial charge on any atom is -0.496 e. The molecule has 0 spiro atoms. The molecule has 7 heteroatoms. The fraction of sp³-hybridized carbons (Fsp3) is 0.294. The Balaban J connectivity index is 1.97. The van der Waals surface area contributed by atoms with Crippen molar-refractivity contribution in [3.63, 3.8) is 0 Å². The largest absolute Gasteiger partial charge is 0.496 e. The lowest BCUT2D eigenvalue weighted by Gasteiger charge is -2.14. The first-order valence-electron chi connectivity index (χ1n) is 7.27. The number of carbonyl (C=O) groups excluding carboxylic acids is 2. The zero-order chi connectivity index (χ0) is 17.5. The standard InChI is InChI=1S/C17H19NO5S/c1-11(14-8-5-9-24-14)18-15(19)10-23-17(20)16-12(21-2)6-4-7-13(16)22-3/h4-9,11H,10H2,1-3H3,(H,18,19). The molecular formula is C17H19NO5S. The van der Waals surface area contributed by atoms with Crippen LogP contribution in [0.15, 0.2) is 35.7 Å². The Labute approximate surface area is 144 Å². The summed E-state index contributed by atoms with van der Waals surface area (Å²) in [7, 11) is 2.89. The lowest BCUT2D eigenvalue weighted by molar-refractivity contribution is -0.124. The number of methoxy groups -OCH3 is 2. The van der Waals surface area contributed by atoms with E-state index in [2.05, 4.69) is 5.32 Å². The number of hydrogen-bond donors (Lipinski definition) is 1. The van der Waals surface area contributed by atoms with Gasteiger partial charge in [-0.3, -0.25) is 4.79 Å². The second-order valence-corrected chi connectivity index (χ2v) is 5.90. The Bertz CT molecular complexity index is 677. The Morgan fingerprint density at radius 1 is 1.12 bits per heavy atom. The van der Waals surface area contributed by atoms with Crippen LogP contribution in [0.3, 0.4) is 0 Å². The number of rotatable bonds is 7. The Morgan fingerprint density at radius 2 is 1.79 bits per heavy atom. The molecule has 1 N–H and O–H groups in total. The number of nitrogens with one attached hydrogen (secondary N) is 1. The molecule has 0 saturated carbocycles. The predicted molar refractivity (Wildman–Crippen MR) is 90.7 cm³/mol. The Hall–Kier alpha value is -2.54. The molecule has 0 aliphatic carbocycles. The molecule has 0 saturated heterocycles. The number of amides is 1. The zero-order valence-corrected chi connectivity index (χ0v) is 14.5. The molecule has 0 aliphatic rings. The summed E-state index contributed by atoms with van der Waals surface area (Å²) in [4.78, 5) is 25.2. The van der Waals surface area contributed by atoms with Crippen LogP contribution in [0.5, 0.6) is 11.5 Å². The third-order valence-corrected chi connectivity index (χ3v) is 4.37. The molecule has 1 heterocycles. The van der Waals surface area contributed by atoms with Crippen molar-refractivity contribution in [1.82, 2.24) is 5.32 Å². The van der Waals surface area contributed by atoms with Crippen molar-refractivity contribution in [2.45, 2.75) is 13.0 Å². The molecule has 1 amide bonds. The highest BCUT2D eigenvalue weighted by molar-refractivity contribution is 7.10. The van der Waals surface area contributed by atoms with E-state index in [0.717, 1.165) is 4.88 Å². The highest BCUT2D eigenvalue weighted by Crippen LogP contribution is 2.28. The molecule has 0 radical (unpaired) electrons. The van der Waals surface area contributed by atoms with Gasteiger partial charge in [-0.25, -0.2) is 4.79 Å². The first-order valence-corrected chi connectivity index (χ1v) is 8.15. The maximum atomic E-state index is 12.3. The van der Waals surface area contributed by atoms with Crippen LogP contribution in [-0.4, -0.2) is 32.7 Å². The van der Waals surface area contributed by atoms with Crippen molar-refractivity contribution in [2.75, 3.05) is 20.8 Å². The molecule has 1 aromatic heterocycles. The molecule has 1 atom stereocenters. The van der Waals surface area contributed by atoms with Gasteiger partial charge in [-0.2, -0.15) is 0 Å². The number of ether oxygens (including phenoxy) is 3. The van der Waals surface area contributed by atoms with Gasteiger partial charge in [0.2, 0.25) is 0 Å². The second kappa shape index (κ2) is 8.35. The lowest BCUT2D eigenvalue weighted by Crippen LogP contribution is -2.30. The van der Waals surface area contributed by atoms with Gasteiger partial charge in [-0.15, -0.1) is 11.3 Å². The lowest BCUT2D eigenvalue weighted by atomic mass is 10.2. The van der Waals surface area contributed by atoms with Gasteiger partial charge < -0.3 is 19.5 Å². The molecule has 6 nitrogen and oxygen atoms in total. The smallest absolute Gasteiger partial charge is 0.346 e. The SMILES string of the molecule is COc1cccc(OC)c1C(=O)OCC(=O)NC(C)c1cccs1. The predicted octanol–water partition coefficient (Wildman–Crippen LogP) is 2.80. The fourth-order valence-corrected chi connectivity index (χ4v) is 2.88. The van der Waals surface area contributed by atoms with E-state index in [9.17, 15) is 9.59 Å². The van der Waals surface area contributed by atoms with Gasteiger partial charge in [0.15, 0.2) is 6.61 Å². The maximum absolute atomic E-state index is 12.3. The van der Waals surface area contributed by atoms with E-state index in [0.29, 0.717) is 11.5 Å². The van der Waals surface area contributed by atoms with E-state index in [-0.39, 0.29) is 24.1 Å². The molecule has 1 aromatic carbocycles. The minimum atomic E-state index is -0.678. The van der Waals surface area contributed by atoms with Crippen molar-refractivity contribution in [3.05, 3.63) is 46.2 Å². The third kappa shape index (κ3) is 4.26. The van der Waals surface area contributed by atoms with E-state index in [1.165, 1.54) is 14.2 Å². The van der Waals surface area contributed by atoms with Gasteiger partial charge in [0.1, 0.15) is 17.1 Å². The first-order chi connectivity index (χ1) is 11.6. The van der Waals surface area contributed by atoms with Gasteiger partial charge in [0.25, 0.3) is 5.91 Å². The third-order valence-electron chi connectivity index (χ3n) is 3.31. The fourth-order valence-electron chi connectivity index (χ4n) is 2.15. The van der Waals surface area contributed by atoms with Crippen LogP contribution in [-0.2, 0) is 9.53 Å². The van der Waals surface area contributed by atoms with Gasteiger partial charge >= 0.3 is 5.97 Å². The summed E-state index contributed by atoms with van der Waals surface area (Å²) in [6, 6.07) is 8.65. The second-order valence-electron chi connectivity index (χ2n) is 4.92. The van der Waals surface area contributed by atoms with Crippen LogP contribution >= 0.6 is 11.3 Å². The van der Waals surface area contributed by atoms with E-state index >= 15 is 0 Å². The molecule has 0 aliphatic heterocycles. The topological polar surface area (TPSA) is 73.9 Å². The summed E-state index contributed by atoms with van der Waals surface area (Å²) in [6.07, 6.45) is 0. The van der Waals surface area contributed by atoms with Gasteiger partial charge in [0, 0.05) is 4.88 Å². The quantitative estimate of drug-likeness (QED) is 0.778. The average Bonchev–Trinajstić information content (AvgIpc) is 3.13. The number of hydrogen-bond acceptors (Lipinski definition) is 6. The van der Waals surface area contributed by atoms with E-state index in [4.69, 9.17) is 14.2 Å². The first kappa shape index (κ1) is 17.8. The molecule has 2 aromatic rings. The average molecular weight is 349 g/mol. The number of benzene rings is 1. The van der Waals surface area contributed by atoms with Crippen LogP contribution in [0.4, 0.5) is 0 Å². The van der Waals surface area contributed by atoms with Crippen molar-refractivity contribution < 1.29 is 23.8 Å². The van der Waals surface area contributed by atoms with Crippen molar-refractivity contribution in [1.29, 1.82) is 0 Å². The number of thiophene rings is 1. The van der Waals surface area contributed by atoms with Crippen molar-refractivity contribution >= 4 is 23.2 Å². The van der Waals surface area contributed by atoms with Crippen LogP contribution in [0.1, 0.15) is 28.2 Å². The zero-order valence-electron chi connectivity index (χ0n) is 13.7. The van der Waals surface area contributed by atoms with Crippen molar-refractivity contribution in [2.24, 2.45) is 0 Å². The van der Waals surface area contributed by atoms with E-state index < -0.39 is 5.97 Å². The Kier molecular flexibility index (Phi) is 6.20. The maximum Gasteiger partial charge on any atom is 0.346 e. The van der Waals surface area contributed by atoms with Crippen LogP contribution < -0.4 is 14.8 Å². The minimum absolute atomic E-state index is 0.142. The van der Waals surface area contributed by atoms with Crippen molar-refractivity contribution in [3.8, 4) is 11.5 Å². The summed E-state index contributed by atoms with van der Waals surface area (Å²) in [5, 5.41) is 4.71. The summed E-state index contributed by atoms with van der Waals surface area (Å²) < 4.78 is 15.4. The molecule has 128 valence electrons. The molecule has 0 fully saturated rings. The summed E-state index contributed by atoms with van der Waals surface area (Å²) >= 11 is 1.55. The van der Waals surface area contributed by atoms with E-state index in [1.807, 2.05) is 24.4 Å². The summed E-state index contributed by atoms with van der Waals surface area (Å²) in [5.41, 5.74) is 0.154. The van der Waals surface area contributed by atoms with Crippen LogP contribution in [0, 0.1) is 0 Å². The van der Waals surface area contributed by atoms with Gasteiger partial charge in [0.05, 0.1) is 20.3 Å². The van der Waals surface area contributed by atoms with Gasteiger partial charge in [-0.1, -0.05) is 12.1 Å².